The maximum Gasteiger partial charge on any atom is 0.416 e. The molecule has 1 aromatic carbocycles. The van der Waals surface area contributed by atoms with E-state index in [1.54, 1.807) is 25.1 Å². The molecule has 0 aliphatic carbocycles. The molecule has 23 heavy (non-hydrogen) atoms. The second kappa shape index (κ2) is 6.88. The molecule has 1 saturated heterocycles. The van der Waals surface area contributed by atoms with Crippen molar-refractivity contribution in [1.29, 1.82) is 0 Å². The predicted molar refractivity (Wildman–Crippen MR) is 79.5 cm³/mol. The molecule has 128 valence electrons. The average Bonchev–Trinajstić information content (AvgIpc) is 2.88. The number of hydrogen-bond acceptors (Lipinski definition) is 3. The summed E-state index contributed by atoms with van der Waals surface area (Å²) in [5.74, 6) is -0.730. The van der Waals surface area contributed by atoms with E-state index in [9.17, 15) is 23.1 Å². The Morgan fingerprint density at radius 2 is 1.96 bits per heavy atom. The smallest absolute Gasteiger partial charge is 0.396 e. The topological polar surface area (TPSA) is 43.8 Å². The summed E-state index contributed by atoms with van der Waals surface area (Å²) in [7, 11) is 3.27. The number of carbonyl (C=O) groups excluding carboxylic acids is 1. The molecule has 0 aromatic heterocycles. The summed E-state index contributed by atoms with van der Waals surface area (Å²) in [6.45, 7) is 0.729. The number of aliphatic hydroxyl groups excluding tert-OH is 1. The van der Waals surface area contributed by atoms with Gasteiger partial charge in [0.2, 0.25) is 5.91 Å². The van der Waals surface area contributed by atoms with Crippen molar-refractivity contribution < 1.29 is 23.1 Å². The van der Waals surface area contributed by atoms with Gasteiger partial charge < -0.3 is 10.0 Å². The summed E-state index contributed by atoms with van der Waals surface area (Å²) in [5, 5.41) is 9.46. The van der Waals surface area contributed by atoms with E-state index >= 15 is 0 Å². The lowest BCUT2D eigenvalue weighted by atomic mass is 9.96. The molecule has 1 N–H and O–H groups in total. The first-order chi connectivity index (χ1) is 10.7. The van der Waals surface area contributed by atoms with Gasteiger partial charge in [-0.25, -0.2) is 0 Å². The summed E-state index contributed by atoms with van der Waals surface area (Å²) in [6, 6.07) is 5.47. The van der Waals surface area contributed by atoms with Gasteiger partial charge in [0.15, 0.2) is 0 Å². The van der Waals surface area contributed by atoms with Crippen molar-refractivity contribution in [2.75, 3.05) is 33.8 Å². The Kier molecular flexibility index (Phi) is 5.31. The van der Waals surface area contributed by atoms with Crippen molar-refractivity contribution in [3.63, 3.8) is 0 Å². The van der Waals surface area contributed by atoms with Gasteiger partial charge in [-0.15, -0.1) is 0 Å². The SMILES string of the molecule is CN(C)C(=O)[C@@H]1CN(Cc2ccccc2C(F)(F)F)C[C@H]1CO. The number of carbonyl (C=O) groups is 1. The zero-order valence-electron chi connectivity index (χ0n) is 13.2. The van der Waals surface area contributed by atoms with Crippen molar-refractivity contribution in [2.45, 2.75) is 12.7 Å². The Balaban J connectivity index is 2.15. The molecule has 0 spiro atoms. The molecular formula is C16H21F3N2O2. The first kappa shape index (κ1) is 17.7. The molecule has 1 aliphatic rings. The van der Waals surface area contributed by atoms with Crippen LogP contribution in [-0.2, 0) is 17.5 Å². The summed E-state index contributed by atoms with van der Waals surface area (Å²) < 4.78 is 39.2. The number of aliphatic hydroxyl groups is 1. The summed E-state index contributed by atoms with van der Waals surface area (Å²) in [6.07, 6.45) is -4.40. The Labute approximate surface area is 133 Å². The Bertz CT molecular complexity index is 561. The highest BCUT2D eigenvalue weighted by atomic mass is 19.4. The van der Waals surface area contributed by atoms with Crippen molar-refractivity contribution >= 4 is 5.91 Å². The van der Waals surface area contributed by atoms with Gasteiger partial charge in [0, 0.05) is 46.3 Å². The highest BCUT2D eigenvalue weighted by Gasteiger charge is 2.39. The van der Waals surface area contributed by atoms with Crippen LogP contribution in [-0.4, -0.2) is 54.6 Å². The van der Waals surface area contributed by atoms with Crippen LogP contribution in [0.15, 0.2) is 24.3 Å². The highest BCUT2D eigenvalue weighted by molar-refractivity contribution is 5.79. The van der Waals surface area contributed by atoms with Crippen LogP contribution < -0.4 is 0 Å². The zero-order chi connectivity index (χ0) is 17.2. The van der Waals surface area contributed by atoms with Gasteiger partial charge in [-0.05, 0) is 11.6 Å². The van der Waals surface area contributed by atoms with Gasteiger partial charge in [-0.1, -0.05) is 18.2 Å². The summed E-state index contributed by atoms with van der Waals surface area (Å²) in [5.41, 5.74) is -0.461. The fourth-order valence-corrected chi connectivity index (χ4v) is 3.06. The van der Waals surface area contributed by atoms with Crippen LogP contribution >= 0.6 is 0 Å². The molecule has 0 radical (unpaired) electrons. The monoisotopic (exact) mass is 330 g/mol. The molecule has 1 aliphatic heterocycles. The van der Waals surface area contributed by atoms with E-state index in [2.05, 4.69) is 0 Å². The predicted octanol–water partition coefficient (Wildman–Crippen LogP) is 1.83. The first-order valence-corrected chi connectivity index (χ1v) is 7.43. The van der Waals surface area contributed by atoms with Crippen LogP contribution in [0.25, 0.3) is 0 Å². The number of hydrogen-bond donors (Lipinski definition) is 1. The Morgan fingerprint density at radius 1 is 1.30 bits per heavy atom. The lowest BCUT2D eigenvalue weighted by Gasteiger charge is -2.20. The number of benzene rings is 1. The number of alkyl halides is 3. The van der Waals surface area contributed by atoms with Gasteiger partial charge >= 0.3 is 6.18 Å². The van der Waals surface area contributed by atoms with Crippen LogP contribution in [0.3, 0.4) is 0 Å². The number of amides is 1. The molecule has 1 fully saturated rings. The molecular weight excluding hydrogens is 309 g/mol. The van der Waals surface area contributed by atoms with Crippen molar-refractivity contribution in [3.8, 4) is 0 Å². The lowest BCUT2D eigenvalue weighted by molar-refractivity contribution is -0.138. The maximum absolute atomic E-state index is 13.1. The number of halogens is 3. The van der Waals surface area contributed by atoms with Gasteiger partial charge in [0.05, 0.1) is 11.5 Å². The van der Waals surface area contributed by atoms with Gasteiger partial charge in [0.25, 0.3) is 0 Å². The molecule has 2 rings (SSSR count). The fraction of sp³-hybridized carbons (Fsp3) is 0.562. The molecule has 1 aromatic rings. The Morgan fingerprint density at radius 3 is 2.52 bits per heavy atom. The average molecular weight is 330 g/mol. The zero-order valence-corrected chi connectivity index (χ0v) is 13.2. The van der Waals surface area contributed by atoms with E-state index in [1.165, 1.54) is 17.0 Å². The summed E-state index contributed by atoms with van der Waals surface area (Å²) in [4.78, 5) is 15.4. The maximum atomic E-state index is 13.1. The van der Waals surface area contributed by atoms with E-state index in [-0.39, 0.29) is 36.5 Å². The second-order valence-electron chi connectivity index (χ2n) is 6.13. The van der Waals surface area contributed by atoms with Gasteiger partial charge in [-0.2, -0.15) is 13.2 Å². The standard InChI is InChI=1S/C16H21F3N2O2/c1-20(2)15(23)13-9-21(8-12(13)10-22)7-11-5-3-4-6-14(11)16(17,18)19/h3-6,12-13,22H,7-10H2,1-2H3/t12-,13+/m0/s1. The molecule has 2 atom stereocenters. The van der Waals surface area contributed by atoms with Crippen molar-refractivity contribution in [2.24, 2.45) is 11.8 Å². The third-order valence-corrected chi connectivity index (χ3v) is 4.23. The number of likely N-dealkylation sites (tertiary alicyclic amines) is 1. The minimum atomic E-state index is -4.40. The molecule has 0 unspecified atom stereocenters. The summed E-state index contributed by atoms with van der Waals surface area (Å²) >= 11 is 0. The lowest BCUT2D eigenvalue weighted by Crippen LogP contribution is -2.35. The van der Waals surface area contributed by atoms with E-state index < -0.39 is 11.7 Å². The third-order valence-electron chi connectivity index (χ3n) is 4.23. The molecule has 0 saturated carbocycles. The molecule has 1 amide bonds. The third kappa shape index (κ3) is 4.03. The first-order valence-electron chi connectivity index (χ1n) is 7.43. The quantitative estimate of drug-likeness (QED) is 0.916. The molecule has 4 nitrogen and oxygen atoms in total. The van der Waals surface area contributed by atoms with Crippen LogP contribution in [0.2, 0.25) is 0 Å². The van der Waals surface area contributed by atoms with E-state index in [0.717, 1.165) is 6.07 Å². The minimum Gasteiger partial charge on any atom is -0.396 e. The van der Waals surface area contributed by atoms with Crippen LogP contribution in [0.1, 0.15) is 11.1 Å². The van der Waals surface area contributed by atoms with Crippen molar-refractivity contribution in [1.82, 2.24) is 9.80 Å². The Hall–Kier alpha value is -1.60. The van der Waals surface area contributed by atoms with Gasteiger partial charge in [0.1, 0.15) is 0 Å². The minimum absolute atomic E-state index is 0.101. The highest BCUT2D eigenvalue weighted by Crippen LogP contribution is 2.33. The second-order valence-corrected chi connectivity index (χ2v) is 6.13. The molecule has 7 heteroatoms. The van der Waals surface area contributed by atoms with E-state index in [1.807, 2.05) is 0 Å². The fourth-order valence-electron chi connectivity index (χ4n) is 3.06. The van der Waals surface area contributed by atoms with Crippen LogP contribution in [0.4, 0.5) is 13.2 Å². The van der Waals surface area contributed by atoms with Gasteiger partial charge in [-0.3, -0.25) is 9.69 Å². The van der Waals surface area contributed by atoms with Crippen LogP contribution in [0, 0.1) is 11.8 Å². The number of rotatable bonds is 4. The molecule has 0 bridgehead atoms. The van der Waals surface area contributed by atoms with E-state index in [0.29, 0.717) is 13.1 Å². The molecule has 1 heterocycles. The largest absolute Gasteiger partial charge is 0.416 e. The van der Waals surface area contributed by atoms with E-state index in [4.69, 9.17) is 0 Å². The van der Waals surface area contributed by atoms with Crippen LogP contribution in [0.5, 0.6) is 0 Å². The normalized spacial score (nSPS) is 22.3. The number of nitrogens with zero attached hydrogens (tertiary/aromatic N) is 2. The van der Waals surface area contributed by atoms with Crippen molar-refractivity contribution in [3.05, 3.63) is 35.4 Å².